The third kappa shape index (κ3) is 2.75. The first-order valence-electron chi connectivity index (χ1n) is 4.89. The first kappa shape index (κ1) is 11.4. The van der Waals surface area contributed by atoms with Crippen molar-refractivity contribution in [2.45, 2.75) is 13.5 Å². The highest BCUT2D eigenvalue weighted by Gasteiger charge is 2.01. The Balaban J connectivity index is 2.02. The lowest BCUT2D eigenvalue weighted by Crippen LogP contribution is -1.98. The highest BCUT2D eigenvalue weighted by molar-refractivity contribution is 14.1. The van der Waals surface area contributed by atoms with Crippen LogP contribution in [0.5, 0.6) is 0 Å². The van der Waals surface area contributed by atoms with E-state index in [1.165, 1.54) is 6.07 Å². The molecule has 16 heavy (non-hydrogen) atoms. The SMILES string of the molecule is Cc1cc(NCc2ccc(I)o2)ccc1F. The van der Waals surface area contributed by atoms with Gasteiger partial charge in [-0.25, -0.2) is 4.39 Å². The van der Waals surface area contributed by atoms with E-state index in [2.05, 4.69) is 27.9 Å². The lowest BCUT2D eigenvalue weighted by Gasteiger charge is -2.05. The molecule has 0 aliphatic heterocycles. The number of anilines is 1. The van der Waals surface area contributed by atoms with E-state index in [9.17, 15) is 4.39 Å². The summed E-state index contributed by atoms with van der Waals surface area (Å²) < 4.78 is 19.3. The van der Waals surface area contributed by atoms with Crippen molar-refractivity contribution in [1.82, 2.24) is 0 Å². The summed E-state index contributed by atoms with van der Waals surface area (Å²) in [5.41, 5.74) is 1.53. The van der Waals surface area contributed by atoms with Crippen molar-refractivity contribution in [2.75, 3.05) is 5.32 Å². The molecular formula is C12H11FINO. The first-order valence-corrected chi connectivity index (χ1v) is 5.97. The van der Waals surface area contributed by atoms with Gasteiger partial charge in [0.2, 0.25) is 0 Å². The number of halogens is 2. The van der Waals surface area contributed by atoms with Gasteiger partial charge in [0, 0.05) is 5.69 Å². The minimum absolute atomic E-state index is 0.182. The second-order valence-electron chi connectivity index (χ2n) is 3.52. The number of benzene rings is 1. The zero-order valence-corrected chi connectivity index (χ0v) is 10.9. The molecule has 0 fully saturated rings. The largest absolute Gasteiger partial charge is 0.454 e. The Hall–Kier alpha value is -1.04. The molecule has 1 aromatic carbocycles. The van der Waals surface area contributed by atoms with Gasteiger partial charge in [0.25, 0.3) is 0 Å². The molecule has 0 saturated heterocycles. The molecule has 0 bridgehead atoms. The third-order valence-electron chi connectivity index (χ3n) is 2.25. The van der Waals surface area contributed by atoms with E-state index in [-0.39, 0.29) is 5.82 Å². The monoisotopic (exact) mass is 331 g/mol. The fourth-order valence-corrected chi connectivity index (χ4v) is 1.85. The molecule has 1 heterocycles. The van der Waals surface area contributed by atoms with Gasteiger partial charge in [-0.05, 0) is 65.4 Å². The van der Waals surface area contributed by atoms with Crippen LogP contribution in [0, 0.1) is 16.5 Å². The van der Waals surface area contributed by atoms with Crippen molar-refractivity contribution in [3.05, 3.63) is 51.2 Å². The highest BCUT2D eigenvalue weighted by atomic mass is 127. The van der Waals surface area contributed by atoms with Crippen molar-refractivity contribution >= 4 is 28.3 Å². The number of aryl methyl sites for hydroxylation is 1. The molecule has 0 amide bonds. The molecule has 84 valence electrons. The summed E-state index contributed by atoms with van der Waals surface area (Å²) in [6.07, 6.45) is 0. The van der Waals surface area contributed by atoms with Gasteiger partial charge in [0.05, 0.1) is 6.54 Å². The van der Waals surface area contributed by atoms with Crippen LogP contribution in [-0.2, 0) is 6.54 Å². The van der Waals surface area contributed by atoms with Crippen LogP contribution in [0.25, 0.3) is 0 Å². The van der Waals surface area contributed by atoms with Gasteiger partial charge in [0.1, 0.15) is 11.6 Å². The minimum Gasteiger partial charge on any atom is -0.454 e. The fraction of sp³-hybridized carbons (Fsp3) is 0.167. The Bertz CT molecular complexity index is 496. The van der Waals surface area contributed by atoms with Crippen LogP contribution in [0.3, 0.4) is 0 Å². The normalized spacial score (nSPS) is 10.4. The number of hydrogen-bond donors (Lipinski definition) is 1. The van der Waals surface area contributed by atoms with Crippen LogP contribution >= 0.6 is 22.6 Å². The molecule has 0 unspecified atom stereocenters. The molecule has 2 nitrogen and oxygen atoms in total. The Morgan fingerprint density at radius 2 is 2.12 bits per heavy atom. The summed E-state index contributed by atoms with van der Waals surface area (Å²) in [5.74, 6) is 0.685. The van der Waals surface area contributed by atoms with Gasteiger partial charge in [-0.15, -0.1) is 0 Å². The summed E-state index contributed by atoms with van der Waals surface area (Å²) in [5, 5.41) is 3.18. The van der Waals surface area contributed by atoms with Gasteiger partial charge in [-0.1, -0.05) is 0 Å². The summed E-state index contributed by atoms with van der Waals surface area (Å²) in [7, 11) is 0. The summed E-state index contributed by atoms with van der Waals surface area (Å²) in [4.78, 5) is 0. The van der Waals surface area contributed by atoms with E-state index in [0.717, 1.165) is 15.2 Å². The van der Waals surface area contributed by atoms with Crippen LogP contribution in [0.1, 0.15) is 11.3 Å². The molecule has 0 aliphatic rings. The summed E-state index contributed by atoms with van der Waals surface area (Å²) in [6, 6.07) is 8.79. The van der Waals surface area contributed by atoms with Crippen LogP contribution in [0.15, 0.2) is 34.7 Å². The number of rotatable bonds is 3. The van der Waals surface area contributed by atoms with E-state index < -0.39 is 0 Å². The lowest BCUT2D eigenvalue weighted by molar-refractivity contribution is 0.493. The average molecular weight is 331 g/mol. The average Bonchev–Trinajstić information content (AvgIpc) is 2.66. The smallest absolute Gasteiger partial charge is 0.164 e. The van der Waals surface area contributed by atoms with E-state index in [1.807, 2.05) is 12.1 Å². The highest BCUT2D eigenvalue weighted by Crippen LogP contribution is 2.16. The number of hydrogen-bond acceptors (Lipinski definition) is 2. The van der Waals surface area contributed by atoms with Crippen LogP contribution in [0.4, 0.5) is 10.1 Å². The van der Waals surface area contributed by atoms with Crippen LogP contribution in [-0.4, -0.2) is 0 Å². The second kappa shape index (κ2) is 4.86. The van der Waals surface area contributed by atoms with E-state index in [4.69, 9.17) is 4.42 Å². The van der Waals surface area contributed by atoms with Crippen molar-refractivity contribution in [3.63, 3.8) is 0 Å². The zero-order chi connectivity index (χ0) is 11.5. The topological polar surface area (TPSA) is 25.2 Å². The quantitative estimate of drug-likeness (QED) is 0.862. The van der Waals surface area contributed by atoms with Crippen LogP contribution in [0.2, 0.25) is 0 Å². The maximum atomic E-state index is 13.0. The predicted molar refractivity (Wildman–Crippen MR) is 69.9 cm³/mol. The predicted octanol–water partition coefficient (Wildman–Crippen LogP) is 3.94. The summed E-state index contributed by atoms with van der Waals surface area (Å²) in [6.45, 7) is 2.35. The number of furan rings is 1. The van der Waals surface area contributed by atoms with Crippen molar-refractivity contribution in [1.29, 1.82) is 0 Å². The molecule has 1 aromatic heterocycles. The second-order valence-corrected chi connectivity index (χ2v) is 4.59. The van der Waals surface area contributed by atoms with Crippen molar-refractivity contribution in [3.8, 4) is 0 Å². The molecule has 0 radical (unpaired) electrons. The zero-order valence-electron chi connectivity index (χ0n) is 8.76. The molecule has 4 heteroatoms. The molecule has 0 atom stereocenters. The Morgan fingerprint density at radius 1 is 1.31 bits per heavy atom. The molecule has 0 aliphatic carbocycles. The van der Waals surface area contributed by atoms with Gasteiger partial charge in [-0.3, -0.25) is 0 Å². The molecule has 2 rings (SSSR count). The molecule has 0 spiro atoms. The maximum absolute atomic E-state index is 13.0. The minimum atomic E-state index is -0.182. The standard InChI is InChI=1S/C12H11FINO/c1-8-6-9(2-4-11(8)13)15-7-10-3-5-12(14)16-10/h2-6,15H,7H2,1H3. The maximum Gasteiger partial charge on any atom is 0.164 e. The fourth-order valence-electron chi connectivity index (χ4n) is 1.39. The van der Waals surface area contributed by atoms with Crippen molar-refractivity contribution in [2.24, 2.45) is 0 Å². The molecular weight excluding hydrogens is 320 g/mol. The van der Waals surface area contributed by atoms with E-state index in [0.29, 0.717) is 12.1 Å². The van der Waals surface area contributed by atoms with Gasteiger partial charge >= 0.3 is 0 Å². The van der Waals surface area contributed by atoms with Crippen LogP contribution < -0.4 is 5.32 Å². The lowest BCUT2D eigenvalue weighted by atomic mass is 10.2. The van der Waals surface area contributed by atoms with E-state index >= 15 is 0 Å². The Kier molecular flexibility index (Phi) is 3.48. The Morgan fingerprint density at radius 3 is 2.75 bits per heavy atom. The number of nitrogens with one attached hydrogen (secondary N) is 1. The van der Waals surface area contributed by atoms with Gasteiger partial charge < -0.3 is 9.73 Å². The van der Waals surface area contributed by atoms with Gasteiger partial charge in [-0.2, -0.15) is 0 Å². The van der Waals surface area contributed by atoms with Gasteiger partial charge in [0.15, 0.2) is 3.77 Å². The van der Waals surface area contributed by atoms with Crippen molar-refractivity contribution < 1.29 is 8.81 Å². The third-order valence-corrected chi connectivity index (χ3v) is 2.83. The Labute approximate surface area is 107 Å². The molecule has 1 N–H and O–H groups in total. The van der Waals surface area contributed by atoms with E-state index in [1.54, 1.807) is 19.1 Å². The molecule has 0 saturated carbocycles. The first-order chi connectivity index (χ1) is 7.65. The molecule has 2 aromatic rings. The summed E-state index contributed by atoms with van der Waals surface area (Å²) >= 11 is 2.12.